The molecule has 1 aromatic heterocycles. The van der Waals surface area contributed by atoms with Gasteiger partial charge in [-0.25, -0.2) is 13.1 Å². The molecule has 1 N–H and O–H groups in total. The first-order valence-corrected chi connectivity index (χ1v) is 10.7. The number of hydrogen-bond donors (Lipinski definition) is 1. The number of methoxy groups -OCH3 is 1. The van der Waals surface area contributed by atoms with Crippen molar-refractivity contribution in [2.45, 2.75) is 50.8 Å². The maximum Gasteiger partial charge on any atom is 0.251 e. The largest absolute Gasteiger partial charge is 0.372 e. The van der Waals surface area contributed by atoms with Crippen LogP contribution in [0.3, 0.4) is 0 Å². The van der Waals surface area contributed by atoms with Crippen molar-refractivity contribution in [1.29, 1.82) is 0 Å². The van der Waals surface area contributed by atoms with E-state index in [1.807, 2.05) is 6.92 Å². The molecule has 0 unspecified atom stereocenters. The summed E-state index contributed by atoms with van der Waals surface area (Å²) in [5.74, 6) is 0.595. The van der Waals surface area contributed by atoms with Crippen molar-refractivity contribution in [1.82, 2.24) is 14.8 Å². The summed E-state index contributed by atoms with van der Waals surface area (Å²) in [6, 6.07) is 6.71. The van der Waals surface area contributed by atoms with E-state index >= 15 is 0 Å². The number of nitrogens with one attached hydrogen (secondary N) is 1. The van der Waals surface area contributed by atoms with Crippen molar-refractivity contribution in [3.63, 3.8) is 0 Å². The summed E-state index contributed by atoms with van der Waals surface area (Å²) in [6.45, 7) is 4.72. The number of rotatable bonds is 7. The minimum Gasteiger partial charge on any atom is -0.372 e. The van der Waals surface area contributed by atoms with Gasteiger partial charge in [0.1, 0.15) is 11.9 Å². The number of hydrogen-bond acceptors (Lipinski definition) is 6. The van der Waals surface area contributed by atoms with Gasteiger partial charge in [-0.1, -0.05) is 18.1 Å². The third-order valence-electron chi connectivity index (χ3n) is 4.86. The molecule has 2 heterocycles. The zero-order valence-electron chi connectivity index (χ0n) is 16.3. The molecule has 0 spiro atoms. The van der Waals surface area contributed by atoms with Crippen LogP contribution >= 0.6 is 0 Å². The Kier molecular flexibility index (Phi) is 6.17. The number of fused-ring (bicyclic) bond motifs is 1. The summed E-state index contributed by atoms with van der Waals surface area (Å²) in [4.78, 5) is 14.5. The molecule has 8 nitrogen and oxygen atoms in total. The Morgan fingerprint density at radius 3 is 2.79 bits per heavy atom. The van der Waals surface area contributed by atoms with Gasteiger partial charge in [0, 0.05) is 26.3 Å². The Morgan fingerprint density at radius 1 is 1.36 bits per heavy atom. The highest BCUT2D eigenvalue weighted by atomic mass is 32.2. The van der Waals surface area contributed by atoms with E-state index in [1.165, 1.54) is 7.11 Å². The number of nitrogens with zero attached hydrogens (tertiary/aromatic N) is 2. The highest BCUT2D eigenvalue weighted by Crippen LogP contribution is 2.23. The van der Waals surface area contributed by atoms with Crippen LogP contribution in [0, 0.1) is 6.92 Å². The molecule has 0 fully saturated rings. The maximum absolute atomic E-state index is 12.6. The lowest BCUT2D eigenvalue weighted by Gasteiger charge is -2.31. The topological polar surface area (TPSA) is 102 Å². The zero-order chi connectivity index (χ0) is 20.3. The van der Waals surface area contributed by atoms with Crippen molar-refractivity contribution < 1.29 is 22.5 Å². The second-order valence-electron chi connectivity index (χ2n) is 6.83. The smallest absolute Gasteiger partial charge is 0.251 e. The van der Waals surface area contributed by atoms with Crippen LogP contribution in [0.1, 0.15) is 35.9 Å². The number of aromatic nitrogens is 1. The molecule has 1 atom stereocenters. The molecule has 0 saturated carbocycles. The normalized spacial score (nSPS) is 15.3. The second kappa shape index (κ2) is 8.42. The molecule has 152 valence electrons. The minimum atomic E-state index is -3.67. The van der Waals surface area contributed by atoms with Gasteiger partial charge in [0.25, 0.3) is 5.91 Å². The standard InChI is InChI=1S/C19H25N3O5S/c1-4-18(26-3)19(23)22-8-7-14-10-17(6-5-15(14)12-22)28(24,25)20-11-16-9-13(2)27-21-16/h5-6,9-10,18,20H,4,7-8,11-12H2,1-3H3/t18-/m0/s1. The van der Waals surface area contributed by atoms with Crippen LogP contribution in [0.5, 0.6) is 0 Å². The molecular weight excluding hydrogens is 382 g/mol. The highest BCUT2D eigenvalue weighted by molar-refractivity contribution is 7.89. The summed E-state index contributed by atoms with van der Waals surface area (Å²) in [5.41, 5.74) is 2.42. The Morgan fingerprint density at radius 2 is 2.14 bits per heavy atom. The highest BCUT2D eigenvalue weighted by Gasteiger charge is 2.27. The number of aryl methyl sites for hydroxylation is 1. The SMILES string of the molecule is CC[C@H](OC)C(=O)N1CCc2cc(S(=O)(=O)NCc3cc(C)on3)ccc2C1. The molecule has 0 bridgehead atoms. The van der Waals surface area contributed by atoms with Crippen LogP contribution in [0.4, 0.5) is 0 Å². The Balaban J connectivity index is 1.71. The summed E-state index contributed by atoms with van der Waals surface area (Å²) in [5, 5.41) is 3.79. The van der Waals surface area contributed by atoms with Crippen LogP contribution in [-0.2, 0) is 39.1 Å². The van der Waals surface area contributed by atoms with Crippen LogP contribution in [0.25, 0.3) is 0 Å². The van der Waals surface area contributed by atoms with E-state index in [4.69, 9.17) is 9.26 Å². The predicted molar refractivity (Wildman–Crippen MR) is 102 cm³/mol. The fourth-order valence-corrected chi connectivity index (χ4v) is 4.33. The molecule has 0 aliphatic carbocycles. The second-order valence-corrected chi connectivity index (χ2v) is 8.59. The molecule has 1 aromatic carbocycles. The van der Waals surface area contributed by atoms with Gasteiger partial charge in [-0.15, -0.1) is 0 Å². The first kappa shape index (κ1) is 20.5. The van der Waals surface area contributed by atoms with Gasteiger partial charge in [0.15, 0.2) is 0 Å². The molecule has 0 radical (unpaired) electrons. The lowest BCUT2D eigenvalue weighted by molar-refractivity contribution is -0.143. The lowest BCUT2D eigenvalue weighted by Crippen LogP contribution is -2.42. The molecule has 2 aromatic rings. The van der Waals surface area contributed by atoms with Crippen molar-refractivity contribution in [2.75, 3.05) is 13.7 Å². The molecule has 3 rings (SSSR count). The number of ether oxygens (including phenoxy) is 1. The minimum absolute atomic E-state index is 0.0306. The molecule has 0 saturated heterocycles. The van der Waals surface area contributed by atoms with Crippen molar-refractivity contribution >= 4 is 15.9 Å². The number of amides is 1. The van der Waals surface area contributed by atoms with Gasteiger partial charge in [-0.05, 0) is 43.0 Å². The van der Waals surface area contributed by atoms with Gasteiger partial charge < -0.3 is 14.2 Å². The molecule has 9 heteroatoms. The third kappa shape index (κ3) is 4.43. The van der Waals surface area contributed by atoms with Gasteiger partial charge in [-0.2, -0.15) is 0 Å². The van der Waals surface area contributed by atoms with E-state index in [-0.39, 0.29) is 17.3 Å². The molecular formula is C19H25N3O5S. The van der Waals surface area contributed by atoms with Crippen LogP contribution in [0.15, 0.2) is 33.7 Å². The predicted octanol–water partition coefficient (Wildman–Crippen LogP) is 1.77. The van der Waals surface area contributed by atoms with Crippen LogP contribution in [-0.4, -0.2) is 44.1 Å². The van der Waals surface area contributed by atoms with E-state index in [2.05, 4.69) is 9.88 Å². The fraction of sp³-hybridized carbons (Fsp3) is 0.474. The first-order valence-electron chi connectivity index (χ1n) is 9.19. The maximum atomic E-state index is 12.6. The number of carbonyl (C=O) groups excluding carboxylic acids is 1. The summed E-state index contributed by atoms with van der Waals surface area (Å²) < 4.78 is 37.9. The van der Waals surface area contributed by atoms with E-state index in [9.17, 15) is 13.2 Å². The van der Waals surface area contributed by atoms with E-state index in [0.29, 0.717) is 37.4 Å². The molecule has 1 aliphatic heterocycles. The average molecular weight is 407 g/mol. The van der Waals surface area contributed by atoms with Crippen molar-refractivity contribution in [3.8, 4) is 0 Å². The monoisotopic (exact) mass is 407 g/mol. The first-order chi connectivity index (χ1) is 13.3. The molecule has 28 heavy (non-hydrogen) atoms. The fourth-order valence-electron chi connectivity index (χ4n) is 3.28. The lowest BCUT2D eigenvalue weighted by atomic mass is 9.99. The van der Waals surface area contributed by atoms with Crippen molar-refractivity contribution in [3.05, 3.63) is 46.8 Å². The Labute approximate surface area is 164 Å². The number of carbonyl (C=O) groups is 1. The zero-order valence-corrected chi connectivity index (χ0v) is 17.1. The molecule has 1 aliphatic rings. The van der Waals surface area contributed by atoms with E-state index in [1.54, 1.807) is 36.1 Å². The van der Waals surface area contributed by atoms with Gasteiger partial charge in [-0.3, -0.25) is 4.79 Å². The van der Waals surface area contributed by atoms with Crippen LogP contribution < -0.4 is 4.72 Å². The average Bonchev–Trinajstić information content (AvgIpc) is 3.12. The quantitative estimate of drug-likeness (QED) is 0.751. The Bertz CT molecular complexity index is 950. The molecule has 1 amide bonds. The van der Waals surface area contributed by atoms with E-state index in [0.717, 1.165) is 11.1 Å². The number of sulfonamides is 1. The van der Waals surface area contributed by atoms with Gasteiger partial charge in [0.05, 0.1) is 17.1 Å². The van der Waals surface area contributed by atoms with E-state index < -0.39 is 16.1 Å². The summed E-state index contributed by atoms with van der Waals surface area (Å²) >= 11 is 0. The summed E-state index contributed by atoms with van der Waals surface area (Å²) in [6.07, 6.45) is 0.783. The van der Waals surface area contributed by atoms with Crippen molar-refractivity contribution in [2.24, 2.45) is 0 Å². The third-order valence-corrected chi connectivity index (χ3v) is 6.26. The van der Waals surface area contributed by atoms with Gasteiger partial charge >= 0.3 is 0 Å². The summed E-state index contributed by atoms with van der Waals surface area (Å²) in [7, 11) is -2.13. The Hall–Kier alpha value is -2.23. The van der Waals surface area contributed by atoms with Gasteiger partial charge in [0.2, 0.25) is 10.0 Å². The van der Waals surface area contributed by atoms with Crippen LogP contribution in [0.2, 0.25) is 0 Å². The number of benzene rings is 1.